The van der Waals surface area contributed by atoms with Crippen LogP contribution >= 0.6 is 0 Å². The third-order valence-corrected chi connectivity index (χ3v) is 2.20. The van der Waals surface area contributed by atoms with Crippen molar-refractivity contribution in [1.29, 1.82) is 0 Å². The van der Waals surface area contributed by atoms with Crippen LogP contribution in [0.15, 0.2) is 48.8 Å². The maximum Gasteiger partial charge on any atom is 0.129 e. The Morgan fingerprint density at radius 3 is 2.60 bits per heavy atom. The highest BCUT2D eigenvalue weighted by Crippen LogP contribution is 2.22. The van der Waals surface area contributed by atoms with Gasteiger partial charge in [0.15, 0.2) is 0 Å². The zero-order chi connectivity index (χ0) is 10.7. The van der Waals surface area contributed by atoms with Crippen LogP contribution in [0.5, 0.6) is 0 Å². The van der Waals surface area contributed by atoms with E-state index in [1.807, 2.05) is 0 Å². The van der Waals surface area contributed by atoms with Gasteiger partial charge in [0, 0.05) is 23.5 Å². The average Bonchev–Trinajstić information content (AvgIpc) is 2.30. The summed E-state index contributed by atoms with van der Waals surface area (Å²) in [5, 5.41) is 9.89. The fraction of sp³-hybridized carbons (Fsp3) is 0.0833. The molecule has 76 valence electrons. The maximum absolute atomic E-state index is 13.3. The molecule has 1 unspecified atom stereocenters. The van der Waals surface area contributed by atoms with Gasteiger partial charge in [-0.25, -0.2) is 4.39 Å². The summed E-state index contributed by atoms with van der Waals surface area (Å²) in [7, 11) is 0. The summed E-state index contributed by atoms with van der Waals surface area (Å²) < 4.78 is 13.3. The standard InChI is InChI=1S/C12H10FNO/c13-11-6-2-1-5-10(11)12(15)9-4-3-7-14-8-9/h1-8,12,15H. The number of benzene rings is 1. The van der Waals surface area contributed by atoms with Gasteiger partial charge < -0.3 is 5.11 Å². The van der Waals surface area contributed by atoms with Gasteiger partial charge in [-0.1, -0.05) is 24.3 Å². The molecule has 0 aliphatic carbocycles. The Balaban J connectivity index is 2.37. The Morgan fingerprint density at radius 2 is 1.93 bits per heavy atom. The van der Waals surface area contributed by atoms with Gasteiger partial charge in [0.1, 0.15) is 11.9 Å². The lowest BCUT2D eigenvalue weighted by Gasteiger charge is -2.11. The summed E-state index contributed by atoms with van der Waals surface area (Å²) in [5.74, 6) is -0.408. The number of aromatic nitrogens is 1. The summed E-state index contributed by atoms with van der Waals surface area (Å²) in [6.07, 6.45) is 2.18. The Kier molecular flexibility index (Phi) is 2.74. The number of hydrogen-bond acceptors (Lipinski definition) is 2. The molecule has 2 rings (SSSR count). The van der Waals surface area contributed by atoms with E-state index in [0.29, 0.717) is 5.56 Å². The maximum atomic E-state index is 13.3. The van der Waals surface area contributed by atoms with Gasteiger partial charge in [-0.05, 0) is 12.1 Å². The number of aliphatic hydroxyl groups excluding tert-OH is 1. The molecule has 0 bridgehead atoms. The topological polar surface area (TPSA) is 33.1 Å². The Morgan fingerprint density at radius 1 is 1.13 bits per heavy atom. The van der Waals surface area contributed by atoms with Crippen LogP contribution in [0, 0.1) is 5.82 Å². The molecule has 0 amide bonds. The molecule has 1 heterocycles. The lowest BCUT2D eigenvalue weighted by Crippen LogP contribution is -2.02. The lowest BCUT2D eigenvalue weighted by molar-refractivity contribution is 0.214. The summed E-state index contributed by atoms with van der Waals surface area (Å²) in [4.78, 5) is 3.88. The highest BCUT2D eigenvalue weighted by molar-refractivity contribution is 5.28. The largest absolute Gasteiger partial charge is 0.383 e. The number of aliphatic hydroxyl groups is 1. The second-order valence-corrected chi connectivity index (χ2v) is 3.21. The van der Waals surface area contributed by atoms with Crippen molar-refractivity contribution in [2.45, 2.75) is 6.10 Å². The minimum Gasteiger partial charge on any atom is -0.383 e. The van der Waals surface area contributed by atoms with Crippen molar-refractivity contribution >= 4 is 0 Å². The first-order valence-corrected chi connectivity index (χ1v) is 4.61. The summed E-state index contributed by atoms with van der Waals surface area (Å²) in [6, 6.07) is 9.60. The van der Waals surface area contributed by atoms with Crippen molar-refractivity contribution in [3.05, 3.63) is 65.7 Å². The molecule has 0 aliphatic rings. The van der Waals surface area contributed by atoms with Crippen molar-refractivity contribution in [3.8, 4) is 0 Å². The summed E-state index contributed by atoms with van der Waals surface area (Å²) in [6.45, 7) is 0. The van der Waals surface area contributed by atoms with E-state index in [1.54, 1.807) is 36.5 Å². The van der Waals surface area contributed by atoms with Gasteiger partial charge in [0.05, 0.1) is 0 Å². The molecule has 1 atom stereocenters. The molecular formula is C12H10FNO. The van der Waals surface area contributed by atoms with Gasteiger partial charge >= 0.3 is 0 Å². The van der Waals surface area contributed by atoms with E-state index in [0.717, 1.165) is 0 Å². The zero-order valence-corrected chi connectivity index (χ0v) is 7.97. The molecule has 1 N–H and O–H groups in total. The molecule has 1 aromatic carbocycles. The number of hydrogen-bond donors (Lipinski definition) is 1. The van der Waals surface area contributed by atoms with E-state index in [2.05, 4.69) is 4.98 Å². The first kappa shape index (κ1) is 9.80. The molecule has 0 spiro atoms. The van der Waals surface area contributed by atoms with E-state index < -0.39 is 11.9 Å². The molecule has 1 aromatic heterocycles. The summed E-state index contributed by atoms with van der Waals surface area (Å²) in [5.41, 5.74) is 0.855. The average molecular weight is 203 g/mol. The predicted molar refractivity (Wildman–Crippen MR) is 54.7 cm³/mol. The molecule has 2 nitrogen and oxygen atoms in total. The van der Waals surface area contributed by atoms with Crippen LogP contribution in [-0.2, 0) is 0 Å². The van der Waals surface area contributed by atoms with Crippen LogP contribution in [0.3, 0.4) is 0 Å². The van der Waals surface area contributed by atoms with E-state index in [-0.39, 0.29) is 5.56 Å². The highest BCUT2D eigenvalue weighted by Gasteiger charge is 2.13. The normalized spacial score (nSPS) is 12.4. The van der Waals surface area contributed by atoms with Crippen molar-refractivity contribution in [2.75, 3.05) is 0 Å². The third-order valence-electron chi connectivity index (χ3n) is 2.20. The molecule has 3 heteroatoms. The van der Waals surface area contributed by atoms with E-state index in [1.165, 1.54) is 12.3 Å². The molecule has 0 saturated heterocycles. The van der Waals surface area contributed by atoms with Gasteiger partial charge in [-0.2, -0.15) is 0 Å². The number of nitrogens with zero attached hydrogens (tertiary/aromatic N) is 1. The molecule has 0 saturated carbocycles. The van der Waals surface area contributed by atoms with Crippen LogP contribution in [-0.4, -0.2) is 10.1 Å². The number of rotatable bonds is 2. The zero-order valence-electron chi connectivity index (χ0n) is 7.97. The second-order valence-electron chi connectivity index (χ2n) is 3.21. The molecule has 0 aliphatic heterocycles. The molecule has 0 radical (unpaired) electrons. The van der Waals surface area contributed by atoms with Crippen LogP contribution in [0.2, 0.25) is 0 Å². The second kappa shape index (κ2) is 4.19. The smallest absolute Gasteiger partial charge is 0.129 e. The van der Waals surface area contributed by atoms with E-state index in [9.17, 15) is 9.50 Å². The fourth-order valence-corrected chi connectivity index (χ4v) is 1.41. The van der Waals surface area contributed by atoms with Crippen molar-refractivity contribution < 1.29 is 9.50 Å². The Hall–Kier alpha value is -1.74. The molecule has 0 fully saturated rings. The van der Waals surface area contributed by atoms with Crippen LogP contribution in [0.25, 0.3) is 0 Å². The van der Waals surface area contributed by atoms with Gasteiger partial charge in [-0.15, -0.1) is 0 Å². The third kappa shape index (κ3) is 2.02. The van der Waals surface area contributed by atoms with Crippen molar-refractivity contribution in [1.82, 2.24) is 4.98 Å². The summed E-state index contributed by atoms with van der Waals surface area (Å²) >= 11 is 0. The van der Waals surface area contributed by atoms with Crippen molar-refractivity contribution in [2.24, 2.45) is 0 Å². The van der Waals surface area contributed by atoms with E-state index >= 15 is 0 Å². The van der Waals surface area contributed by atoms with Crippen LogP contribution in [0.1, 0.15) is 17.2 Å². The molecular weight excluding hydrogens is 193 g/mol. The Bertz CT molecular complexity index is 444. The first-order chi connectivity index (χ1) is 7.29. The molecule has 15 heavy (non-hydrogen) atoms. The monoisotopic (exact) mass is 203 g/mol. The Labute approximate surface area is 87.0 Å². The van der Waals surface area contributed by atoms with Crippen LogP contribution in [0.4, 0.5) is 4.39 Å². The van der Waals surface area contributed by atoms with Gasteiger partial charge in [-0.3, -0.25) is 4.98 Å². The number of pyridine rings is 1. The first-order valence-electron chi connectivity index (χ1n) is 4.61. The van der Waals surface area contributed by atoms with Gasteiger partial charge in [0.2, 0.25) is 0 Å². The molecule has 2 aromatic rings. The minimum absolute atomic E-state index is 0.269. The van der Waals surface area contributed by atoms with Gasteiger partial charge in [0.25, 0.3) is 0 Å². The SMILES string of the molecule is OC(c1cccnc1)c1ccccc1F. The van der Waals surface area contributed by atoms with Crippen LogP contribution < -0.4 is 0 Å². The lowest BCUT2D eigenvalue weighted by atomic mass is 10.0. The highest BCUT2D eigenvalue weighted by atomic mass is 19.1. The number of halogens is 1. The van der Waals surface area contributed by atoms with E-state index in [4.69, 9.17) is 0 Å². The van der Waals surface area contributed by atoms with Crippen molar-refractivity contribution in [3.63, 3.8) is 0 Å². The predicted octanol–water partition coefficient (Wildman–Crippen LogP) is 2.30. The quantitative estimate of drug-likeness (QED) is 0.812. The fourth-order valence-electron chi connectivity index (χ4n) is 1.41. The minimum atomic E-state index is -0.958.